The molecule has 0 aromatic heterocycles. The number of fused-ring (bicyclic) bond motifs is 1. The minimum absolute atomic E-state index is 0.0689. The zero-order valence-corrected chi connectivity index (χ0v) is 13.9. The summed E-state index contributed by atoms with van der Waals surface area (Å²) in [4.78, 5) is 0. The number of rotatable bonds is 3. The van der Waals surface area contributed by atoms with E-state index in [1.54, 1.807) is 0 Å². The normalized spacial score (nSPS) is 19.1. The lowest BCUT2D eigenvalue weighted by Gasteiger charge is -2.28. The van der Waals surface area contributed by atoms with Crippen LogP contribution in [0.4, 0.5) is 0 Å². The van der Waals surface area contributed by atoms with Gasteiger partial charge in [0, 0.05) is 10.5 Å². The van der Waals surface area contributed by atoms with Gasteiger partial charge in [0.2, 0.25) is 0 Å². The lowest BCUT2D eigenvalue weighted by atomic mass is 9.92. The topological polar surface area (TPSA) is 35.2 Å². The lowest BCUT2D eigenvalue weighted by Crippen LogP contribution is -2.21. The van der Waals surface area contributed by atoms with E-state index in [-0.39, 0.29) is 12.1 Å². The van der Waals surface area contributed by atoms with Gasteiger partial charge in [-0.25, -0.2) is 0 Å². The quantitative estimate of drug-likeness (QED) is 0.846. The van der Waals surface area contributed by atoms with E-state index in [4.69, 9.17) is 22.1 Å². The van der Waals surface area contributed by atoms with Gasteiger partial charge in [-0.15, -0.1) is 0 Å². The van der Waals surface area contributed by atoms with Gasteiger partial charge in [0.1, 0.15) is 0 Å². The highest BCUT2D eigenvalue weighted by atomic mass is 79.9. The molecule has 2 N–H and O–H groups in total. The highest BCUT2D eigenvalue weighted by Crippen LogP contribution is 2.34. The maximum atomic E-state index is 6.36. The molecule has 0 radical (unpaired) electrons. The molecule has 0 aliphatic carbocycles. The molecule has 0 spiro atoms. The third kappa shape index (κ3) is 3.32. The summed E-state index contributed by atoms with van der Waals surface area (Å²) in [6, 6.07) is 14.2. The smallest absolute Gasteiger partial charge is 0.0845 e. The number of benzene rings is 2. The fourth-order valence-corrected chi connectivity index (χ4v) is 3.30. The number of ether oxygens (including phenoxy) is 1. The van der Waals surface area contributed by atoms with Crippen LogP contribution >= 0.6 is 27.5 Å². The van der Waals surface area contributed by atoms with Gasteiger partial charge in [-0.05, 0) is 57.6 Å². The van der Waals surface area contributed by atoms with E-state index >= 15 is 0 Å². The SMILES string of the molecule is NC(CC1OCCc2ccccc21)c1ccc(Cl)c(Br)c1. The van der Waals surface area contributed by atoms with Gasteiger partial charge < -0.3 is 10.5 Å². The summed E-state index contributed by atoms with van der Waals surface area (Å²) in [5.74, 6) is 0. The van der Waals surface area contributed by atoms with Crippen LogP contribution in [0.15, 0.2) is 46.9 Å². The van der Waals surface area contributed by atoms with Crippen LogP contribution < -0.4 is 5.73 Å². The van der Waals surface area contributed by atoms with Crippen molar-refractivity contribution in [1.82, 2.24) is 0 Å². The van der Waals surface area contributed by atoms with Crippen LogP contribution in [0.5, 0.6) is 0 Å². The molecule has 1 aliphatic rings. The number of hydrogen-bond acceptors (Lipinski definition) is 2. The minimum atomic E-state index is -0.0743. The molecule has 0 saturated carbocycles. The molecule has 2 unspecified atom stereocenters. The van der Waals surface area contributed by atoms with Crippen LogP contribution in [0, 0.1) is 0 Å². The molecule has 2 aromatic carbocycles. The van der Waals surface area contributed by atoms with E-state index in [2.05, 4.69) is 40.2 Å². The predicted molar refractivity (Wildman–Crippen MR) is 89.5 cm³/mol. The molecule has 1 aliphatic heterocycles. The molecule has 3 rings (SSSR count). The van der Waals surface area contributed by atoms with Crippen LogP contribution in [-0.2, 0) is 11.2 Å². The molecule has 2 nitrogen and oxygen atoms in total. The second kappa shape index (κ2) is 6.49. The highest BCUT2D eigenvalue weighted by molar-refractivity contribution is 9.10. The van der Waals surface area contributed by atoms with Crippen molar-refractivity contribution in [3.05, 3.63) is 68.7 Å². The first-order valence-electron chi connectivity index (χ1n) is 7.05. The molecule has 2 aromatic rings. The Labute approximate surface area is 138 Å². The van der Waals surface area contributed by atoms with Crippen molar-refractivity contribution in [2.75, 3.05) is 6.61 Å². The average Bonchev–Trinajstić information content (AvgIpc) is 2.50. The summed E-state index contributed by atoms with van der Waals surface area (Å²) in [7, 11) is 0. The van der Waals surface area contributed by atoms with E-state index in [1.165, 1.54) is 11.1 Å². The molecule has 0 fully saturated rings. The molecular weight excluding hydrogens is 350 g/mol. The van der Waals surface area contributed by atoms with E-state index in [0.29, 0.717) is 5.02 Å². The zero-order chi connectivity index (χ0) is 14.8. The summed E-state index contributed by atoms with van der Waals surface area (Å²) in [6.07, 6.45) is 1.82. The monoisotopic (exact) mass is 365 g/mol. The Morgan fingerprint density at radius 3 is 2.90 bits per heavy atom. The Kier molecular flexibility index (Phi) is 4.65. The van der Waals surface area contributed by atoms with Crippen molar-refractivity contribution in [3.8, 4) is 0 Å². The van der Waals surface area contributed by atoms with Crippen molar-refractivity contribution in [1.29, 1.82) is 0 Å². The fourth-order valence-electron chi connectivity index (χ4n) is 2.78. The zero-order valence-electron chi connectivity index (χ0n) is 11.6. The van der Waals surface area contributed by atoms with E-state index < -0.39 is 0 Å². The minimum Gasteiger partial charge on any atom is -0.373 e. The van der Waals surface area contributed by atoms with Crippen LogP contribution in [-0.4, -0.2) is 6.61 Å². The lowest BCUT2D eigenvalue weighted by molar-refractivity contribution is 0.0320. The molecule has 0 saturated heterocycles. The van der Waals surface area contributed by atoms with E-state index in [1.807, 2.05) is 18.2 Å². The fraction of sp³-hybridized carbons (Fsp3) is 0.294. The van der Waals surface area contributed by atoms with Crippen LogP contribution in [0.1, 0.15) is 35.3 Å². The van der Waals surface area contributed by atoms with E-state index in [9.17, 15) is 0 Å². The van der Waals surface area contributed by atoms with Crippen LogP contribution in [0.2, 0.25) is 5.02 Å². The number of hydrogen-bond donors (Lipinski definition) is 1. The Morgan fingerprint density at radius 2 is 2.10 bits per heavy atom. The second-order valence-corrected chi connectivity index (χ2v) is 6.59. The van der Waals surface area contributed by atoms with Crippen molar-refractivity contribution >= 4 is 27.5 Å². The Morgan fingerprint density at radius 1 is 1.29 bits per heavy atom. The summed E-state index contributed by atoms with van der Waals surface area (Å²) >= 11 is 9.48. The highest BCUT2D eigenvalue weighted by Gasteiger charge is 2.23. The van der Waals surface area contributed by atoms with Crippen molar-refractivity contribution in [2.24, 2.45) is 5.73 Å². The third-order valence-electron chi connectivity index (χ3n) is 3.93. The second-order valence-electron chi connectivity index (χ2n) is 5.32. The Bertz CT molecular complexity index is 646. The van der Waals surface area contributed by atoms with Gasteiger partial charge in [0.15, 0.2) is 0 Å². The summed E-state index contributed by atoms with van der Waals surface area (Å²) in [5.41, 5.74) is 10.1. The predicted octanol–water partition coefficient (Wildman–Crippen LogP) is 4.81. The number of halogens is 2. The van der Waals surface area contributed by atoms with E-state index in [0.717, 1.165) is 29.5 Å². The maximum Gasteiger partial charge on any atom is 0.0845 e. The average molecular weight is 367 g/mol. The van der Waals surface area contributed by atoms with Gasteiger partial charge >= 0.3 is 0 Å². The molecule has 110 valence electrons. The first kappa shape index (κ1) is 15.0. The maximum absolute atomic E-state index is 6.36. The molecule has 0 amide bonds. The number of nitrogens with two attached hydrogens (primary N) is 1. The molecule has 0 bridgehead atoms. The largest absolute Gasteiger partial charge is 0.373 e. The first-order valence-corrected chi connectivity index (χ1v) is 8.22. The molecular formula is C17H17BrClNO. The Balaban J connectivity index is 1.79. The molecule has 21 heavy (non-hydrogen) atoms. The summed E-state index contributed by atoms with van der Waals surface area (Å²) in [6.45, 7) is 0.763. The molecule has 4 heteroatoms. The first-order chi connectivity index (χ1) is 10.1. The third-order valence-corrected chi connectivity index (χ3v) is 5.15. The van der Waals surface area contributed by atoms with Crippen molar-refractivity contribution < 1.29 is 4.74 Å². The van der Waals surface area contributed by atoms with Gasteiger partial charge in [-0.3, -0.25) is 0 Å². The van der Waals surface area contributed by atoms with Gasteiger partial charge in [-0.1, -0.05) is 41.9 Å². The summed E-state index contributed by atoms with van der Waals surface area (Å²) in [5, 5.41) is 0.699. The van der Waals surface area contributed by atoms with Crippen molar-refractivity contribution in [3.63, 3.8) is 0 Å². The standard InChI is InChI=1S/C17H17BrClNO/c18-14-9-12(5-6-15(14)19)16(20)10-17-13-4-2-1-3-11(13)7-8-21-17/h1-6,9,16-17H,7-8,10,20H2. The summed E-state index contributed by atoms with van der Waals surface area (Å²) < 4.78 is 6.81. The van der Waals surface area contributed by atoms with Crippen molar-refractivity contribution in [2.45, 2.75) is 25.0 Å². The molecule has 2 atom stereocenters. The molecule has 1 heterocycles. The van der Waals surface area contributed by atoms with Crippen LogP contribution in [0.3, 0.4) is 0 Å². The Hall–Kier alpha value is -0.870. The van der Waals surface area contributed by atoms with Gasteiger partial charge in [0.05, 0.1) is 17.7 Å². The van der Waals surface area contributed by atoms with Gasteiger partial charge in [-0.2, -0.15) is 0 Å². The van der Waals surface area contributed by atoms with Gasteiger partial charge in [0.25, 0.3) is 0 Å². The van der Waals surface area contributed by atoms with Crippen LogP contribution in [0.25, 0.3) is 0 Å².